The van der Waals surface area contributed by atoms with Gasteiger partial charge in [0.05, 0.1) is 11.3 Å². The van der Waals surface area contributed by atoms with Gasteiger partial charge in [-0.05, 0) is 19.1 Å². The summed E-state index contributed by atoms with van der Waals surface area (Å²) in [4.78, 5) is 21.2. The molecule has 0 spiro atoms. The Balaban J connectivity index is 2.78. The van der Waals surface area contributed by atoms with Gasteiger partial charge in [-0.3, -0.25) is 14.9 Å². The largest absolute Gasteiger partial charge is 0.502 e. The van der Waals surface area contributed by atoms with E-state index in [1.165, 1.54) is 6.92 Å². The number of nitrogens with one attached hydrogen (secondary N) is 1. The summed E-state index contributed by atoms with van der Waals surface area (Å²) in [5.74, 6) is -1.59. The lowest BCUT2D eigenvalue weighted by Crippen LogP contribution is -2.35. The second kappa shape index (κ2) is 5.76. The number of alkyl halides is 3. The number of halogens is 3. The van der Waals surface area contributed by atoms with E-state index >= 15 is 0 Å². The molecular formula is C11H11F3N2O4. The average Bonchev–Trinajstić information content (AvgIpc) is 2.25. The standard InChI is InChI=1S/C11H11F3N2O4/c1-6(5-11(12,13)14)15-10(18)7-2-3-8(16(19)20)9(17)4-7/h2-4,6,17H,5H2,1H3,(H,15,18). The van der Waals surface area contributed by atoms with Crippen LogP contribution in [0.1, 0.15) is 23.7 Å². The molecule has 0 radical (unpaired) electrons. The molecule has 0 aliphatic rings. The van der Waals surface area contributed by atoms with E-state index in [1.54, 1.807) is 0 Å². The topological polar surface area (TPSA) is 92.5 Å². The molecule has 1 atom stereocenters. The summed E-state index contributed by atoms with van der Waals surface area (Å²) in [7, 11) is 0. The molecule has 0 aliphatic heterocycles. The van der Waals surface area contributed by atoms with Gasteiger partial charge >= 0.3 is 11.9 Å². The number of carbonyl (C=O) groups excluding carboxylic acids is 1. The van der Waals surface area contributed by atoms with Gasteiger partial charge < -0.3 is 10.4 Å². The van der Waals surface area contributed by atoms with Crippen LogP contribution in [-0.2, 0) is 0 Å². The Bertz CT molecular complexity index is 531. The number of amides is 1. The van der Waals surface area contributed by atoms with Crippen molar-refractivity contribution >= 4 is 11.6 Å². The normalized spacial score (nSPS) is 12.8. The van der Waals surface area contributed by atoms with E-state index in [1.807, 2.05) is 0 Å². The maximum atomic E-state index is 12.1. The lowest BCUT2D eigenvalue weighted by Gasteiger charge is -2.15. The van der Waals surface area contributed by atoms with E-state index in [9.17, 15) is 33.2 Å². The first kappa shape index (κ1) is 15.7. The fourth-order valence-electron chi connectivity index (χ4n) is 1.52. The predicted octanol–water partition coefficient (Wildman–Crippen LogP) is 2.37. The zero-order valence-corrected chi connectivity index (χ0v) is 10.3. The van der Waals surface area contributed by atoms with Crippen LogP contribution in [0, 0.1) is 10.1 Å². The molecule has 0 heterocycles. The van der Waals surface area contributed by atoms with Crippen molar-refractivity contribution in [1.29, 1.82) is 0 Å². The molecule has 0 aromatic heterocycles. The third-order valence-corrected chi connectivity index (χ3v) is 2.35. The van der Waals surface area contributed by atoms with Gasteiger partial charge in [0.2, 0.25) is 0 Å². The summed E-state index contributed by atoms with van der Waals surface area (Å²) >= 11 is 0. The van der Waals surface area contributed by atoms with E-state index in [-0.39, 0.29) is 5.56 Å². The molecule has 9 heteroatoms. The average molecular weight is 292 g/mol. The Morgan fingerprint density at radius 1 is 1.50 bits per heavy atom. The van der Waals surface area contributed by atoms with Crippen LogP contribution in [0.3, 0.4) is 0 Å². The summed E-state index contributed by atoms with van der Waals surface area (Å²) in [6.07, 6.45) is -5.61. The van der Waals surface area contributed by atoms with Gasteiger partial charge in [0.1, 0.15) is 0 Å². The fourth-order valence-corrected chi connectivity index (χ4v) is 1.52. The molecular weight excluding hydrogens is 281 g/mol. The fraction of sp³-hybridized carbons (Fsp3) is 0.364. The molecule has 2 N–H and O–H groups in total. The lowest BCUT2D eigenvalue weighted by molar-refractivity contribution is -0.385. The number of benzene rings is 1. The minimum Gasteiger partial charge on any atom is -0.502 e. The van der Waals surface area contributed by atoms with Crippen LogP contribution in [0.5, 0.6) is 5.75 Å². The van der Waals surface area contributed by atoms with Crippen molar-refractivity contribution in [3.63, 3.8) is 0 Å². The number of rotatable bonds is 4. The Morgan fingerprint density at radius 3 is 2.55 bits per heavy atom. The predicted molar refractivity (Wildman–Crippen MR) is 62.4 cm³/mol. The minimum atomic E-state index is -4.41. The van der Waals surface area contributed by atoms with Gasteiger partial charge in [-0.2, -0.15) is 13.2 Å². The van der Waals surface area contributed by atoms with E-state index in [0.29, 0.717) is 0 Å². The Hall–Kier alpha value is -2.32. The molecule has 6 nitrogen and oxygen atoms in total. The van der Waals surface area contributed by atoms with Crippen LogP contribution in [0.25, 0.3) is 0 Å². The van der Waals surface area contributed by atoms with Gasteiger partial charge in [0, 0.05) is 17.7 Å². The van der Waals surface area contributed by atoms with Crippen LogP contribution in [0.4, 0.5) is 18.9 Å². The van der Waals surface area contributed by atoms with Crippen molar-refractivity contribution in [1.82, 2.24) is 5.32 Å². The monoisotopic (exact) mass is 292 g/mol. The number of aromatic hydroxyl groups is 1. The quantitative estimate of drug-likeness (QED) is 0.658. The van der Waals surface area contributed by atoms with Crippen molar-refractivity contribution in [2.45, 2.75) is 25.6 Å². The molecule has 0 saturated carbocycles. The first-order valence-electron chi connectivity index (χ1n) is 5.45. The second-order valence-electron chi connectivity index (χ2n) is 4.15. The zero-order valence-electron chi connectivity index (χ0n) is 10.3. The number of nitrogens with zero attached hydrogens (tertiary/aromatic N) is 1. The van der Waals surface area contributed by atoms with Crippen molar-refractivity contribution < 1.29 is 28.0 Å². The molecule has 0 saturated heterocycles. The number of nitro benzene ring substituents is 1. The van der Waals surface area contributed by atoms with Crippen molar-refractivity contribution in [2.75, 3.05) is 0 Å². The molecule has 1 aromatic rings. The maximum absolute atomic E-state index is 12.1. The molecule has 1 aromatic carbocycles. The maximum Gasteiger partial charge on any atom is 0.391 e. The summed E-state index contributed by atoms with van der Waals surface area (Å²) in [6, 6.07) is 1.62. The van der Waals surface area contributed by atoms with Crippen LogP contribution >= 0.6 is 0 Å². The van der Waals surface area contributed by atoms with Crippen molar-refractivity contribution in [3.8, 4) is 5.75 Å². The van der Waals surface area contributed by atoms with E-state index < -0.39 is 40.9 Å². The molecule has 0 bridgehead atoms. The summed E-state index contributed by atoms with van der Waals surface area (Å²) in [5, 5.41) is 21.9. The number of nitro groups is 1. The van der Waals surface area contributed by atoms with Crippen molar-refractivity contribution in [3.05, 3.63) is 33.9 Å². The lowest BCUT2D eigenvalue weighted by atomic mass is 10.1. The van der Waals surface area contributed by atoms with Crippen LogP contribution in [0.2, 0.25) is 0 Å². The first-order chi connectivity index (χ1) is 9.10. The van der Waals surface area contributed by atoms with Crippen LogP contribution < -0.4 is 5.32 Å². The number of phenolic OH excluding ortho intramolecular Hbond substituents is 1. The van der Waals surface area contributed by atoms with Gasteiger partial charge in [0.15, 0.2) is 5.75 Å². The Morgan fingerprint density at radius 2 is 2.10 bits per heavy atom. The summed E-state index contributed by atoms with van der Waals surface area (Å²) in [6.45, 7) is 1.18. The van der Waals surface area contributed by atoms with Crippen molar-refractivity contribution in [2.24, 2.45) is 0 Å². The minimum absolute atomic E-state index is 0.165. The smallest absolute Gasteiger partial charge is 0.391 e. The SMILES string of the molecule is CC(CC(F)(F)F)NC(=O)c1ccc([N+](=O)[O-])c(O)c1. The first-order valence-corrected chi connectivity index (χ1v) is 5.45. The molecule has 1 rings (SSSR count). The van der Waals surface area contributed by atoms with Gasteiger partial charge in [-0.15, -0.1) is 0 Å². The highest BCUT2D eigenvalue weighted by atomic mass is 19.4. The highest BCUT2D eigenvalue weighted by Crippen LogP contribution is 2.26. The third kappa shape index (κ3) is 4.41. The second-order valence-corrected chi connectivity index (χ2v) is 4.15. The van der Waals surface area contributed by atoms with Gasteiger partial charge in [-0.1, -0.05) is 0 Å². The molecule has 1 amide bonds. The van der Waals surface area contributed by atoms with Crippen LogP contribution in [-0.4, -0.2) is 28.2 Å². The molecule has 0 fully saturated rings. The Kier molecular flexibility index (Phi) is 4.53. The molecule has 110 valence electrons. The number of hydrogen-bond acceptors (Lipinski definition) is 4. The van der Waals surface area contributed by atoms with Gasteiger partial charge in [-0.25, -0.2) is 0 Å². The van der Waals surface area contributed by atoms with E-state index in [4.69, 9.17) is 0 Å². The number of phenols is 1. The molecule has 1 unspecified atom stereocenters. The van der Waals surface area contributed by atoms with E-state index in [2.05, 4.69) is 5.32 Å². The molecule has 20 heavy (non-hydrogen) atoms. The highest BCUT2D eigenvalue weighted by molar-refractivity contribution is 5.95. The van der Waals surface area contributed by atoms with E-state index in [0.717, 1.165) is 18.2 Å². The summed E-state index contributed by atoms with van der Waals surface area (Å²) in [5.41, 5.74) is -0.757. The van der Waals surface area contributed by atoms with Gasteiger partial charge in [0.25, 0.3) is 5.91 Å². The Labute approximate surface area is 111 Å². The third-order valence-electron chi connectivity index (χ3n) is 2.35. The van der Waals surface area contributed by atoms with Crippen LogP contribution in [0.15, 0.2) is 18.2 Å². The number of carbonyl (C=O) groups is 1. The molecule has 0 aliphatic carbocycles. The number of hydrogen-bond donors (Lipinski definition) is 2. The zero-order chi connectivity index (χ0) is 15.5. The summed E-state index contributed by atoms with van der Waals surface area (Å²) < 4.78 is 36.3. The highest BCUT2D eigenvalue weighted by Gasteiger charge is 2.30.